The Morgan fingerprint density at radius 1 is 1.13 bits per heavy atom. The van der Waals surface area contributed by atoms with Crippen molar-refractivity contribution in [1.82, 2.24) is 9.62 Å². The minimum Gasteiger partial charge on any atom is -0.449 e. The van der Waals surface area contributed by atoms with E-state index >= 15 is 0 Å². The maximum absolute atomic E-state index is 13.1. The Balaban J connectivity index is 1.66. The Labute approximate surface area is 184 Å². The molecule has 3 unspecified atom stereocenters. The van der Waals surface area contributed by atoms with Gasteiger partial charge in [0, 0.05) is 19.1 Å². The Kier molecular flexibility index (Phi) is 7.72. The lowest BCUT2D eigenvalue weighted by Crippen LogP contribution is -2.48. The van der Waals surface area contributed by atoms with Gasteiger partial charge in [0.15, 0.2) is 6.10 Å². The number of morpholine rings is 1. The predicted molar refractivity (Wildman–Crippen MR) is 115 cm³/mol. The smallest absolute Gasteiger partial charge is 0.338 e. The van der Waals surface area contributed by atoms with Gasteiger partial charge in [-0.05, 0) is 51.8 Å². The number of hydrogen-bond donors (Lipinski definition) is 1. The predicted octanol–water partition coefficient (Wildman–Crippen LogP) is 2.48. The summed E-state index contributed by atoms with van der Waals surface area (Å²) in [6.07, 6.45) is 3.83. The fourth-order valence-corrected chi connectivity index (χ4v) is 5.74. The first kappa shape index (κ1) is 23.7. The molecule has 1 aromatic carbocycles. The minimum atomic E-state index is -3.78. The van der Waals surface area contributed by atoms with Gasteiger partial charge < -0.3 is 14.8 Å². The van der Waals surface area contributed by atoms with E-state index < -0.39 is 22.1 Å². The second-order valence-corrected chi connectivity index (χ2v) is 10.4. The van der Waals surface area contributed by atoms with Crippen LogP contribution < -0.4 is 5.32 Å². The van der Waals surface area contributed by atoms with Gasteiger partial charge in [-0.25, -0.2) is 13.2 Å². The summed E-state index contributed by atoms with van der Waals surface area (Å²) in [7, 11) is -3.78. The lowest BCUT2D eigenvalue weighted by Gasteiger charge is -2.34. The van der Waals surface area contributed by atoms with Crippen LogP contribution in [0.1, 0.15) is 63.2 Å². The molecule has 1 heterocycles. The van der Waals surface area contributed by atoms with Crippen LogP contribution in [0.4, 0.5) is 0 Å². The number of sulfonamides is 1. The molecule has 2 fully saturated rings. The van der Waals surface area contributed by atoms with Gasteiger partial charge in [-0.2, -0.15) is 4.31 Å². The fourth-order valence-electron chi connectivity index (χ4n) is 4.11. The molecule has 1 aromatic rings. The Morgan fingerprint density at radius 3 is 2.42 bits per heavy atom. The highest BCUT2D eigenvalue weighted by atomic mass is 32.2. The van der Waals surface area contributed by atoms with Crippen LogP contribution in [0.5, 0.6) is 0 Å². The van der Waals surface area contributed by atoms with Crippen LogP contribution in [0.2, 0.25) is 0 Å². The maximum Gasteiger partial charge on any atom is 0.338 e. The van der Waals surface area contributed by atoms with Crippen LogP contribution in [0, 0.1) is 0 Å². The van der Waals surface area contributed by atoms with Gasteiger partial charge in [-0.15, -0.1) is 0 Å². The lowest BCUT2D eigenvalue weighted by molar-refractivity contribution is -0.130. The number of esters is 1. The van der Waals surface area contributed by atoms with E-state index in [9.17, 15) is 18.0 Å². The van der Waals surface area contributed by atoms with Crippen LogP contribution in [-0.4, -0.2) is 62.0 Å². The van der Waals surface area contributed by atoms with Gasteiger partial charge in [0.05, 0.1) is 22.7 Å². The average molecular weight is 453 g/mol. The zero-order valence-corrected chi connectivity index (χ0v) is 19.2. The summed E-state index contributed by atoms with van der Waals surface area (Å²) in [5.41, 5.74) is 0.0905. The van der Waals surface area contributed by atoms with Crippen molar-refractivity contribution in [2.24, 2.45) is 0 Å². The van der Waals surface area contributed by atoms with Gasteiger partial charge in [0.25, 0.3) is 5.91 Å². The number of carbonyl (C=O) groups excluding carboxylic acids is 2. The molecule has 172 valence electrons. The molecule has 1 amide bonds. The number of benzene rings is 1. The van der Waals surface area contributed by atoms with Crippen molar-refractivity contribution >= 4 is 21.9 Å². The van der Waals surface area contributed by atoms with E-state index in [2.05, 4.69) is 5.32 Å². The second-order valence-electron chi connectivity index (χ2n) is 8.50. The molecular weight excluding hydrogens is 420 g/mol. The van der Waals surface area contributed by atoms with Crippen molar-refractivity contribution in [3.05, 3.63) is 29.8 Å². The molecule has 31 heavy (non-hydrogen) atoms. The summed E-state index contributed by atoms with van der Waals surface area (Å²) in [4.78, 5) is 25.0. The molecule has 0 bridgehead atoms. The monoisotopic (exact) mass is 452 g/mol. The fraction of sp³-hybridized carbons (Fsp3) is 0.636. The Bertz CT molecular complexity index is 887. The maximum atomic E-state index is 13.1. The lowest BCUT2D eigenvalue weighted by atomic mass is 9.95. The summed E-state index contributed by atoms with van der Waals surface area (Å²) in [6, 6.07) is 5.86. The molecule has 1 saturated heterocycles. The third-order valence-electron chi connectivity index (χ3n) is 5.70. The zero-order valence-electron chi connectivity index (χ0n) is 18.4. The molecule has 2 aliphatic rings. The number of amides is 1. The molecule has 3 rings (SSSR count). The normalized spacial score (nSPS) is 24.4. The average Bonchev–Trinajstić information content (AvgIpc) is 2.73. The molecule has 8 nitrogen and oxygen atoms in total. The van der Waals surface area contributed by atoms with E-state index in [0.717, 1.165) is 25.7 Å². The molecule has 0 radical (unpaired) electrons. The highest BCUT2D eigenvalue weighted by molar-refractivity contribution is 7.89. The quantitative estimate of drug-likeness (QED) is 0.666. The summed E-state index contributed by atoms with van der Waals surface area (Å²) in [5.74, 6) is -1.06. The van der Waals surface area contributed by atoms with Crippen LogP contribution in [0.3, 0.4) is 0 Å². The number of rotatable bonds is 6. The van der Waals surface area contributed by atoms with Gasteiger partial charge >= 0.3 is 5.97 Å². The van der Waals surface area contributed by atoms with Crippen molar-refractivity contribution in [3.8, 4) is 0 Å². The van der Waals surface area contributed by atoms with Crippen molar-refractivity contribution in [1.29, 1.82) is 0 Å². The van der Waals surface area contributed by atoms with Crippen LogP contribution in [-0.2, 0) is 24.3 Å². The molecule has 1 saturated carbocycles. The number of nitrogens with zero attached hydrogens (tertiary/aromatic N) is 1. The van der Waals surface area contributed by atoms with E-state index in [1.165, 1.54) is 41.9 Å². The van der Waals surface area contributed by atoms with Gasteiger partial charge in [-0.1, -0.05) is 25.3 Å². The van der Waals surface area contributed by atoms with E-state index in [1.54, 1.807) is 0 Å². The van der Waals surface area contributed by atoms with Crippen molar-refractivity contribution in [2.75, 3.05) is 13.1 Å². The number of hydrogen-bond acceptors (Lipinski definition) is 6. The van der Waals surface area contributed by atoms with Gasteiger partial charge in [0.2, 0.25) is 10.0 Å². The van der Waals surface area contributed by atoms with E-state index in [4.69, 9.17) is 9.47 Å². The standard InChI is InChI=1S/C22H32N2O6S/c1-15-13-24(14-16(2)29-15)31(27,28)20-11-7-8-18(12-20)22(26)30-17(3)21(25)23-19-9-5-4-6-10-19/h7-8,11-12,15-17,19H,4-6,9-10,13-14H2,1-3H3,(H,23,25). The largest absolute Gasteiger partial charge is 0.449 e. The van der Waals surface area contributed by atoms with Crippen molar-refractivity contribution in [3.63, 3.8) is 0 Å². The van der Waals surface area contributed by atoms with Crippen LogP contribution in [0.15, 0.2) is 29.2 Å². The molecule has 1 aliphatic carbocycles. The number of nitrogens with one attached hydrogen (secondary N) is 1. The van der Waals surface area contributed by atoms with Crippen LogP contribution in [0.25, 0.3) is 0 Å². The third-order valence-corrected chi connectivity index (χ3v) is 7.53. The zero-order chi connectivity index (χ0) is 22.6. The first-order chi connectivity index (χ1) is 14.7. The van der Waals surface area contributed by atoms with E-state index in [0.29, 0.717) is 0 Å². The summed E-state index contributed by atoms with van der Waals surface area (Å²) < 4.78 is 38.4. The first-order valence-corrected chi connectivity index (χ1v) is 12.4. The summed E-state index contributed by atoms with van der Waals surface area (Å²) in [6.45, 7) is 5.67. The summed E-state index contributed by atoms with van der Waals surface area (Å²) >= 11 is 0. The Morgan fingerprint density at radius 2 is 1.77 bits per heavy atom. The van der Waals surface area contributed by atoms with Gasteiger partial charge in [-0.3, -0.25) is 4.79 Å². The van der Waals surface area contributed by atoms with Crippen molar-refractivity contribution < 1.29 is 27.5 Å². The van der Waals surface area contributed by atoms with Crippen molar-refractivity contribution in [2.45, 2.75) is 82.1 Å². The molecule has 0 spiro atoms. The number of ether oxygens (including phenoxy) is 2. The topological polar surface area (TPSA) is 102 Å². The molecule has 9 heteroatoms. The van der Waals surface area contributed by atoms with Gasteiger partial charge in [0.1, 0.15) is 0 Å². The molecule has 1 N–H and O–H groups in total. The molecule has 3 atom stereocenters. The molecule has 0 aromatic heterocycles. The highest BCUT2D eigenvalue weighted by Gasteiger charge is 2.32. The third kappa shape index (κ3) is 6.05. The first-order valence-electron chi connectivity index (χ1n) is 10.9. The van der Waals surface area contributed by atoms with Crippen LogP contribution >= 0.6 is 0 Å². The molecular formula is C22H32N2O6S. The number of carbonyl (C=O) groups is 2. The Hall–Kier alpha value is -1.97. The van der Waals surface area contributed by atoms with E-state index in [1.807, 2.05) is 13.8 Å². The SMILES string of the molecule is CC1CN(S(=O)(=O)c2cccc(C(=O)OC(C)C(=O)NC3CCCCC3)c2)CC(C)O1. The molecule has 1 aliphatic heterocycles. The second kappa shape index (κ2) is 10.1. The highest BCUT2D eigenvalue weighted by Crippen LogP contribution is 2.22. The van der Waals surface area contributed by atoms with E-state index in [-0.39, 0.29) is 47.7 Å². The summed E-state index contributed by atoms with van der Waals surface area (Å²) in [5, 5.41) is 2.93. The minimum absolute atomic E-state index is 0.0163.